The van der Waals surface area contributed by atoms with E-state index < -0.39 is 35.3 Å². The van der Waals surface area contributed by atoms with Gasteiger partial charge in [0.2, 0.25) is 0 Å². The minimum atomic E-state index is -1.47. The third-order valence-electron chi connectivity index (χ3n) is 2.21. The number of carbonyl (C=O) groups is 2. The highest BCUT2D eigenvalue weighted by molar-refractivity contribution is 5.81. The lowest BCUT2D eigenvalue weighted by Gasteiger charge is -2.22. The molecule has 0 fully saturated rings. The van der Waals surface area contributed by atoms with Crippen molar-refractivity contribution >= 4 is 12.1 Å². The molecule has 0 aromatic heterocycles. The standard InChI is InChI=1S/C13H16FNO5/c1-13(2,3)20-12(19)15-10(11(17)18)7-4-5-9(16)8(14)6-7/h4-6,10,16H,1-3H3,(H,15,19)(H,17,18)/t10-/m1/s1. The summed E-state index contributed by atoms with van der Waals surface area (Å²) >= 11 is 0. The first-order chi connectivity index (χ1) is 9.10. The Labute approximate surface area is 115 Å². The Kier molecular flexibility index (Phi) is 4.54. The van der Waals surface area contributed by atoms with Gasteiger partial charge in [0.05, 0.1) is 0 Å². The van der Waals surface area contributed by atoms with Crippen LogP contribution < -0.4 is 5.32 Å². The van der Waals surface area contributed by atoms with Gasteiger partial charge in [0, 0.05) is 0 Å². The number of halogens is 1. The third-order valence-corrected chi connectivity index (χ3v) is 2.21. The van der Waals surface area contributed by atoms with Crippen molar-refractivity contribution in [2.45, 2.75) is 32.4 Å². The Morgan fingerprint density at radius 3 is 2.40 bits per heavy atom. The molecule has 0 bridgehead atoms. The van der Waals surface area contributed by atoms with Gasteiger partial charge in [0.25, 0.3) is 0 Å². The van der Waals surface area contributed by atoms with Gasteiger partial charge in [-0.15, -0.1) is 0 Å². The number of amides is 1. The number of ether oxygens (including phenoxy) is 1. The van der Waals surface area contributed by atoms with Crippen molar-refractivity contribution in [1.29, 1.82) is 0 Å². The highest BCUT2D eigenvalue weighted by Gasteiger charge is 2.26. The molecule has 0 aliphatic carbocycles. The molecule has 1 aromatic rings. The smallest absolute Gasteiger partial charge is 0.408 e. The van der Waals surface area contributed by atoms with Gasteiger partial charge < -0.3 is 20.3 Å². The van der Waals surface area contributed by atoms with Crippen LogP contribution in [0, 0.1) is 5.82 Å². The quantitative estimate of drug-likeness (QED) is 0.791. The number of carbonyl (C=O) groups excluding carboxylic acids is 1. The van der Waals surface area contributed by atoms with Crippen LogP contribution in [0.1, 0.15) is 32.4 Å². The van der Waals surface area contributed by atoms with Crippen LogP contribution in [0.2, 0.25) is 0 Å². The fourth-order valence-corrected chi connectivity index (χ4v) is 1.42. The number of hydrogen-bond donors (Lipinski definition) is 3. The van der Waals surface area contributed by atoms with E-state index in [1.165, 1.54) is 6.07 Å². The Bertz CT molecular complexity index is 524. The van der Waals surface area contributed by atoms with Gasteiger partial charge in [-0.25, -0.2) is 14.0 Å². The van der Waals surface area contributed by atoms with Gasteiger partial charge in [-0.05, 0) is 38.5 Å². The molecule has 3 N–H and O–H groups in total. The maximum Gasteiger partial charge on any atom is 0.408 e. The monoisotopic (exact) mass is 285 g/mol. The highest BCUT2D eigenvalue weighted by Crippen LogP contribution is 2.21. The first kappa shape index (κ1) is 15.7. The molecule has 1 amide bonds. The molecule has 0 radical (unpaired) electrons. The molecule has 0 saturated heterocycles. The van der Waals surface area contributed by atoms with Crippen molar-refractivity contribution in [3.63, 3.8) is 0 Å². The van der Waals surface area contributed by atoms with Gasteiger partial charge in [-0.2, -0.15) is 0 Å². The lowest BCUT2D eigenvalue weighted by molar-refractivity contribution is -0.139. The molecule has 0 heterocycles. The van der Waals surface area contributed by atoms with Gasteiger partial charge in [0.15, 0.2) is 17.6 Å². The number of nitrogens with one attached hydrogen (secondary N) is 1. The maximum atomic E-state index is 13.2. The minimum Gasteiger partial charge on any atom is -0.505 e. The summed E-state index contributed by atoms with van der Waals surface area (Å²) in [6, 6.07) is 1.58. The first-order valence-corrected chi connectivity index (χ1v) is 5.81. The average Bonchev–Trinajstić information content (AvgIpc) is 2.27. The molecular weight excluding hydrogens is 269 g/mol. The van der Waals surface area contributed by atoms with E-state index >= 15 is 0 Å². The maximum absolute atomic E-state index is 13.2. The second kappa shape index (κ2) is 5.77. The van der Waals surface area contributed by atoms with Crippen molar-refractivity contribution in [2.75, 3.05) is 0 Å². The molecule has 0 unspecified atom stereocenters. The van der Waals surface area contributed by atoms with Crippen LogP contribution in [0.3, 0.4) is 0 Å². The molecule has 20 heavy (non-hydrogen) atoms. The second-order valence-electron chi connectivity index (χ2n) is 5.13. The summed E-state index contributed by atoms with van der Waals surface area (Å²) in [7, 11) is 0. The zero-order valence-electron chi connectivity index (χ0n) is 11.3. The third kappa shape index (κ3) is 4.42. The molecular formula is C13H16FNO5. The van der Waals surface area contributed by atoms with E-state index in [4.69, 9.17) is 14.9 Å². The average molecular weight is 285 g/mol. The summed E-state index contributed by atoms with van der Waals surface area (Å²) in [6.45, 7) is 4.88. The lowest BCUT2D eigenvalue weighted by atomic mass is 10.1. The normalized spacial score (nSPS) is 12.6. The van der Waals surface area contributed by atoms with Crippen molar-refractivity contribution < 1.29 is 28.9 Å². The number of hydrogen-bond acceptors (Lipinski definition) is 4. The van der Waals surface area contributed by atoms with Gasteiger partial charge in [-0.3, -0.25) is 0 Å². The molecule has 0 aliphatic heterocycles. The molecule has 1 atom stereocenters. The number of carboxylic acid groups (broad SMARTS) is 1. The Hall–Kier alpha value is -2.31. The second-order valence-corrected chi connectivity index (χ2v) is 5.13. The van der Waals surface area contributed by atoms with E-state index in [1.54, 1.807) is 20.8 Å². The van der Waals surface area contributed by atoms with Crippen LogP contribution in [0.5, 0.6) is 5.75 Å². The largest absolute Gasteiger partial charge is 0.505 e. The summed E-state index contributed by atoms with van der Waals surface area (Å²) in [5.41, 5.74) is -0.800. The molecule has 1 aromatic carbocycles. The van der Waals surface area contributed by atoms with E-state index in [9.17, 15) is 14.0 Å². The summed E-state index contributed by atoms with van der Waals surface area (Å²) in [6.07, 6.45) is -0.932. The molecule has 0 aliphatic rings. The lowest BCUT2D eigenvalue weighted by Crippen LogP contribution is -2.38. The summed E-state index contributed by atoms with van der Waals surface area (Å²) < 4.78 is 18.2. The van der Waals surface area contributed by atoms with Crippen molar-refractivity contribution in [1.82, 2.24) is 5.32 Å². The van der Waals surface area contributed by atoms with Crippen molar-refractivity contribution in [3.05, 3.63) is 29.6 Å². The number of rotatable bonds is 3. The molecule has 6 nitrogen and oxygen atoms in total. The Balaban J connectivity index is 2.92. The SMILES string of the molecule is CC(C)(C)OC(=O)N[C@@H](C(=O)O)c1ccc(O)c(F)c1. The van der Waals surface area contributed by atoms with E-state index in [-0.39, 0.29) is 5.56 Å². The van der Waals surface area contributed by atoms with Crippen LogP contribution in [-0.2, 0) is 9.53 Å². The number of alkyl carbamates (subject to hydrolysis) is 1. The molecule has 1 rings (SSSR count). The van der Waals surface area contributed by atoms with Crippen LogP contribution in [0.4, 0.5) is 9.18 Å². The van der Waals surface area contributed by atoms with Crippen LogP contribution in [0.15, 0.2) is 18.2 Å². The highest BCUT2D eigenvalue weighted by atomic mass is 19.1. The van der Waals surface area contributed by atoms with Crippen LogP contribution in [0.25, 0.3) is 0 Å². The van der Waals surface area contributed by atoms with Gasteiger partial charge in [0.1, 0.15) is 5.60 Å². The van der Waals surface area contributed by atoms with Gasteiger partial charge in [-0.1, -0.05) is 6.07 Å². The Morgan fingerprint density at radius 1 is 1.35 bits per heavy atom. The van der Waals surface area contributed by atoms with E-state index in [0.29, 0.717) is 0 Å². The predicted octanol–water partition coefficient (Wildman–Crippen LogP) is 2.18. The number of phenols is 1. The summed E-state index contributed by atoms with van der Waals surface area (Å²) in [5.74, 6) is -2.95. The van der Waals surface area contributed by atoms with Crippen molar-refractivity contribution in [3.8, 4) is 5.75 Å². The minimum absolute atomic E-state index is 0.0151. The van der Waals surface area contributed by atoms with E-state index in [1.807, 2.05) is 0 Å². The topological polar surface area (TPSA) is 95.9 Å². The molecule has 0 spiro atoms. The first-order valence-electron chi connectivity index (χ1n) is 5.81. The van der Waals surface area contributed by atoms with E-state index in [0.717, 1.165) is 12.1 Å². The number of carboxylic acids is 1. The summed E-state index contributed by atoms with van der Waals surface area (Å²) in [4.78, 5) is 22.7. The molecule has 7 heteroatoms. The molecule has 0 saturated carbocycles. The fraction of sp³-hybridized carbons (Fsp3) is 0.385. The number of aromatic hydroxyl groups is 1. The summed E-state index contributed by atoms with van der Waals surface area (Å²) in [5, 5.41) is 20.3. The van der Waals surface area contributed by atoms with Crippen LogP contribution >= 0.6 is 0 Å². The van der Waals surface area contributed by atoms with E-state index in [2.05, 4.69) is 5.32 Å². The van der Waals surface area contributed by atoms with Crippen LogP contribution in [-0.4, -0.2) is 27.9 Å². The number of phenolic OH excluding ortho intramolecular Hbond substituents is 1. The number of benzene rings is 1. The van der Waals surface area contributed by atoms with Gasteiger partial charge >= 0.3 is 12.1 Å². The Morgan fingerprint density at radius 2 is 1.95 bits per heavy atom. The van der Waals surface area contributed by atoms with Crippen molar-refractivity contribution in [2.24, 2.45) is 0 Å². The fourth-order valence-electron chi connectivity index (χ4n) is 1.42. The zero-order valence-corrected chi connectivity index (χ0v) is 11.3. The zero-order chi connectivity index (χ0) is 15.5. The predicted molar refractivity (Wildman–Crippen MR) is 67.8 cm³/mol. The number of aliphatic carboxylic acids is 1. The molecule has 110 valence electrons.